The molecule has 1 nitrogen and oxygen atoms in total. The predicted molar refractivity (Wildman–Crippen MR) is 80.7 cm³/mol. The van der Waals surface area contributed by atoms with Crippen molar-refractivity contribution in [2.24, 2.45) is 0 Å². The van der Waals surface area contributed by atoms with Crippen LogP contribution in [-0.4, -0.2) is 6.54 Å². The highest BCUT2D eigenvalue weighted by Crippen LogP contribution is 2.37. The van der Waals surface area contributed by atoms with Gasteiger partial charge in [0, 0.05) is 10.4 Å². The highest BCUT2D eigenvalue weighted by molar-refractivity contribution is 7.10. The van der Waals surface area contributed by atoms with Gasteiger partial charge in [-0.25, -0.2) is 8.78 Å². The smallest absolute Gasteiger partial charge is 0.128 e. The number of aryl methyl sites for hydroxylation is 2. The zero-order chi connectivity index (χ0) is 14.9. The molecule has 0 radical (unpaired) electrons. The van der Waals surface area contributed by atoms with E-state index in [0.29, 0.717) is 22.7 Å². The van der Waals surface area contributed by atoms with Crippen LogP contribution in [0.2, 0.25) is 5.02 Å². The van der Waals surface area contributed by atoms with Crippen molar-refractivity contribution in [1.29, 1.82) is 0 Å². The van der Waals surface area contributed by atoms with E-state index >= 15 is 0 Å². The Morgan fingerprint density at radius 1 is 1.20 bits per heavy atom. The molecule has 0 aliphatic carbocycles. The molecule has 1 N–H and O–H groups in total. The van der Waals surface area contributed by atoms with Gasteiger partial charge in [-0.2, -0.15) is 0 Å². The van der Waals surface area contributed by atoms with Crippen LogP contribution >= 0.6 is 22.9 Å². The first kappa shape index (κ1) is 15.4. The van der Waals surface area contributed by atoms with Gasteiger partial charge in [-0.15, -0.1) is 11.3 Å². The number of thiophene rings is 1. The minimum atomic E-state index is -0.429. The third kappa shape index (κ3) is 2.87. The van der Waals surface area contributed by atoms with Crippen molar-refractivity contribution in [2.45, 2.75) is 26.8 Å². The van der Waals surface area contributed by atoms with Crippen LogP contribution in [0.4, 0.5) is 8.78 Å². The molecule has 0 saturated carbocycles. The monoisotopic (exact) mass is 315 g/mol. The van der Waals surface area contributed by atoms with E-state index in [1.165, 1.54) is 23.5 Å². The lowest BCUT2D eigenvalue weighted by Gasteiger charge is -2.19. The summed E-state index contributed by atoms with van der Waals surface area (Å²) in [4.78, 5) is 0.813. The maximum atomic E-state index is 14.2. The van der Waals surface area contributed by atoms with Crippen LogP contribution in [0.3, 0.4) is 0 Å². The lowest BCUT2D eigenvalue weighted by atomic mass is 10.0. The van der Waals surface area contributed by atoms with E-state index in [9.17, 15) is 8.78 Å². The van der Waals surface area contributed by atoms with E-state index < -0.39 is 17.7 Å². The summed E-state index contributed by atoms with van der Waals surface area (Å²) in [5.74, 6) is -0.828. The van der Waals surface area contributed by atoms with Crippen LogP contribution in [0.5, 0.6) is 0 Å². The lowest BCUT2D eigenvalue weighted by molar-refractivity contribution is 0.544. The highest BCUT2D eigenvalue weighted by atomic mass is 35.5. The molecule has 1 atom stereocenters. The molecule has 0 saturated heterocycles. The van der Waals surface area contributed by atoms with Gasteiger partial charge in [-0.05, 0) is 49.0 Å². The quantitative estimate of drug-likeness (QED) is 0.837. The number of hydrogen-bond acceptors (Lipinski definition) is 2. The van der Waals surface area contributed by atoms with E-state index in [4.69, 9.17) is 11.6 Å². The third-order valence-electron chi connectivity index (χ3n) is 3.18. The lowest BCUT2D eigenvalue weighted by Crippen LogP contribution is -2.22. The molecule has 2 aromatic rings. The summed E-state index contributed by atoms with van der Waals surface area (Å²) in [6.07, 6.45) is 0. The summed E-state index contributed by atoms with van der Waals surface area (Å²) in [6, 6.07) is 2.05. The van der Waals surface area contributed by atoms with Crippen molar-refractivity contribution in [2.75, 3.05) is 6.54 Å². The van der Waals surface area contributed by atoms with E-state index in [-0.39, 0.29) is 0 Å². The van der Waals surface area contributed by atoms with Gasteiger partial charge < -0.3 is 5.32 Å². The largest absolute Gasteiger partial charge is 0.306 e. The Balaban J connectivity index is 2.54. The second-order valence-corrected chi connectivity index (χ2v) is 6.00. The fourth-order valence-electron chi connectivity index (χ4n) is 2.08. The van der Waals surface area contributed by atoms with Gasteiger partial charge in [0.05, 0.1) is 11.1 Å². The molecule has 0 bridgehead atoms. The average molecular weight is 316 g/mol. The second kappa shape index (κ2) is 6.20. The van der Waals surface area contributed by atoms with E-state index in [1.807, 2.05) is 19.2 Å². The molecule has 1 aromatic heterocycles. The minimum Gasteiger partial charge on any atom is -0.306 e. The second-order valence-electron chi connectivity index (χ2n) is 4.71. The topological polar surface area (TPSA) is 12.0 Å². The Hall–Kier alpha value is -0.970. The molecule has 1 unspecified atom stereocenters. The van der Waals surface area contributed by atoms with Crippen LogP contribution < -0.4 is 5.32 Å². The molecule has 0 fully saturated rings. The zero-order valence-corrected chi connectivity index (χ0v) is 13.1. The van der Waals surface area contributed by atoms with Gasteiger partial charge in [0.25, 0.3) is 0 Å². The number of halogens is 3. The normalized spacial score (nSPS) is 12.7. The van der Waals surface area contributed by atoms with Gasteiger partial charge >= 0.3 is 0 Å². The van der Waals surface area contributed by atoms with Crippen LogP contribution in [0.15, 0.2) is 17.5 Å². The summed E-state index contributed by atoms with van der Waals surface area (Å²) in [6.45, 7) is 6.00. The van der Waals surface area contributed by atoms with Crippen molar-refractivity contribution in [1.82, 2.24) is 5.32 Å². The van der Waals surface area contributed by atoms with Crippen LogP contribution in [0, 0.1) is 25.5 Å². The molecule has 0 spiro atoms. The zero-order valence-electron chi connectivity index (χ0n) is 11.6. The predicted octanol–water partition coefficient (Wildman–Crippen LogP) is 5.00. The van der Waals surface area contributed by atoms with E-state index in [0.717, 1.165) is 10.4 Å². The van der Waals surface area contributed by atoms with Crippen molar-refractivity contribution >= 4 is 22.9 Å². The first-order chi connectivity index (χ1) is 9.45. The minimum absolute atomic E-state index is 0.290. The Kier molecular flexibility index (Phi) is 4.78. The summed E-state index contributed by atoms with van der Waals surface area (Å²) in [5, 5.41) is 5.71. The molecule has 0 amide bonds. The molecule has 5 heteroatoms. The highest BCUT2D eigenvalue weighted by Gasteiger charge is 2.23. The van der Waals surface area contributed by atoms with Gasteiger partial charge in [0.2, 0.25) is 0 Å². The fourth-order valence-corrected chi connectivity index (χ4v) is 3.47. The van der Waals surface area contributed by atoms with Crippen molar-refractivity contribution in [3.05, 3.63) is 55.7 Å². The maximum Gasteiger partial charge on any atom is 0.128 e. The van der Waals surface area contributed by atoms with E-state index in [2.05, 4.69) is 5.32 Å². The number of benzene rings is 1. The third-order valence-corrected chi connectivity index (χ3v) is 4.96. The standard InChI is InChI=1S/C15H16ClF2NS/c1-4-19-14(15-13(16)9(3)7-20-15)10-6-11(17)8(2)5-12(10)18/h5-7,14,19H,4H2,1-3H3. The van der Waals surface area contributed by atoms with Crippen molar-refractivity contribution in [3.8, 4) is 0 Å². The summed E-state index contributed by atoms with van der Waals surface area (Å²) in [5.41, 5.74) is 1.54. The number of hydrogen-bond donors (Lipinski definition) is 1. The summed E-state index contributed by atoms with van der Waals surface area (Å²) < 4.78 is 27.9. The molecule has 108 valence electrons. The molecule has 0 aliphatic heterocycles. The molecule has 2 rings (SSSR count). The van der Waals surface area contributed by atoms with E-state index in [1.54, 1.807) is 6.92 Å². The SMILES string of the molecule is CCNC(c1cc(F)c(C)cc1F)c1scc(C)c1Cl. The van der Waals surface area contributed by atoms with Gasteiger partial charge in [0.1, 0.15) is 11.6 Å². The molecular formula is C15H16ClF2NS. The van der Waals surface area contributed by atoms with Gasteiger partial charge in [0.15, 0.2) is 0 Å². The molecule has 1 heterocycles. The van der Waals surface area contributed by atoms with Crippen molar-refractivity contribution < 1.29 is 8.78 Å². The average Bonchev–Trinajstić information content (AvgIpc) is 2.72. The first-order valence-electron chi connectivity index (χ1n) is 6.38. The first-order valence-corrected chi connectivity index (χ1v) is 7.63. The Morgan fingerprint density at radius 2 is 1.90 bits per heavy atom. The summed E-state index contributed by atoms with van der Waals surface area (Å²) >= 11 is 7.72. The molecule has 0 aliphatic rings. The Bertz CT molecular complexity index is 625. The molecular weight excluding hydrogens is 300 g/mol. The van der Waals surface area contributed by atoms with Crippen LogP contribution in [0.25, 0.3) is 0 Å². The van der Waals surface area contributed by atoms with Gasteiger partial charge in [-0.3, -0.25) is 0 Å². The van der Waals surface area contributed by atoms with Gasteiger partial charge in [-0.1, -0.05) is 18.5 Å². The Morgan fingerprint density at radius 3 is 2.45 bits per heavy atom. The molecule has 20 heavy (non-hydrogen) atoms. The Labute approximate surface area is 126 Å². The van der Waals surface area contributed by atoms with Crippen molar-refractivity contribution in [3.63, 3.8) is 0 Å². The number of rotatable bonds is 4. The fraction of sp³-hybridized carbons (Fsp3) is 0.333. The maximum absolute atomic E-state index is 14.2. The number of nitrogens with one attached hydrogen (secondary N) is 1. The summed E-state index contributed by atoms with van der Waals surface area (Å²) in [7, 11) is 0. The van der Waals surface area contributed by atoms with Crippen LogP contribution in [0.1, 0.15) is 34.5 Å². The molecule has 1 aromatic carbocycles. The van der Waals surface area contributed by atoms with Crippen LogP contribution in [-0.2, 0) is 0 Å².